The summed E-state index contributed by atoms with van der Waals surface area (Å²) in [5, 5.41) is 26.5. The van der Waals surface area contributed by atoms with Gasteiger partial charge >= 0.3 is 0 Å². The van der Waals surface area contributed by atoms with E-state index < -0.39 is 23.6 Å². The molecule has 0 saturated carbocycles. The van der Waals surface area contributed by atoms with E-state index in [9.17, 15) is 29.4 Å². The number of aromatic hydroxyl groups is 1. The first-order valence-electron chi connectivity index (χ1n) is 26.6. The Balaban J connectivity index is 0.761. The minimum absolute atomic E-state index is 0.0250. The minimum atomic E-state index is -0.865. The number of aromatic nitrogens is 1. The molecule has 4 amide bonds. The number of benzene rings is 4. The number of unbranched alkanes of at least 4 members (excludes halogenated alkanes) is 5. The van der Waals surface area contributed by atoms with Gasteiger partial charge < -0.3 is 35.4 Å². The Morgan fingerprint density at radius 3 is 2.07 bits per heavy atom. The molecule has 7 rings (SSSR count). The number of nitrogens with zero attached hydrogens (tertiary/aromatic N) is 4. The third-order valence-corrected chi connectivity index (χ3v) is 15.4. The number of aryl methyl sites for hydroxylation is 1. The van der Waals surface area contributed by atoms with Gasteiger partial charge in [0.25, 0.3) is 0 Å². The third-order valence-electron chi connectivity index (χ3n) is 14.2. The maximum absolute atomic E-state index is 14.1. The molecule has 2 fully saturated rings. The molecule has 2 aliphatic heterocycles. The molecule has 0 radical (unpaired) electrons. The van der Waals surface area contributed by atoms with Gasteiger partial charge in [-0.2, -0.15) is 0 Å². The molecular weight excluding hydrogens is 984 g/mol. The first kappa shape index (κ1) is 56.7. The maximum atomic E-state index is 14.1. The Kier molecular flexibility index (Phi) is 20.9. The highest BCUT2D eigenvalue weighted by molar-refractivity contribution is 7.13. The normalized spacial score (nSPS) is 16.8. The Morgan fingerprint density at radius 1 is 0.800 bits per heavy atom. The number of allylic oxidation sites excluding steroid dienone is 1. The van der Waals surface area contributed by atoms with Crippen molar-refractivity contribution < 1.29 is 34.1 Å². The Bertz CT molecular complexity index is 2660. The second kappa shape index (κ2) is 27.6. The van der Waals surface area contributed by atoms with Gasteiger partial charge in [0.2, 0.25) is 23.6 Å². The molecule has 4 aromatic carbocycles. The quantitative estimate of drug-likeness (QED) is 0.0268. The summed E-state index contributed by atoms with van der Waals surface area (Å²) in [5.74, 6) is 0.764. The summed E-state index contributed by atoms with van der Waals surface area (Å²) in [6.45, 7) is 12.3. The van der Waals surface area contributed by atoms with Gasteiger partial charge in [-0.25, -0.2) is 4.98 Å². The summed E-state index contributed by atoms with van der Waals surface area (Å²) in [6, 6.07) is 31.9. The molecule has 4 N–H and O–H groups in total. The molecule has 5 aromatic rings. The number of hydrogen-bond acceptors (Lipinski definition) is 10. The van der Waals surface area contributed by atoms with E-state index in [1.165, 1.54) is 4.90 Å². The summed E-state index contributed by atoms with van der Waals surface area (Å²) >= 11 is 7.91. The van der Waals surface area contributed by atoms with Crippen molar-refractivity contribution >= 4 is 57.7 Å². The van der Waals surface area contributed by atoms with Crippen LogP contribution in [-0.2, 0) is 25.7 Å². The zero-order valence-corrected chi connectivity index (χ0v) is 45.6. The zero-order chi connectivity index (χ0) is 53.3. The lowest BCUT2D eigenvalue weighted by Crippen LogP contribution is -2.57. The number of ether oxygens (including phenoxy) is 1. The molecule has 3 heterocycles. The number of β-amino-alcohol motifs (C(OH)–C–C–N with tert-alkyl or cyclic N) is 1. The average molecular weight is 1060 g/mol. The van der Waals surface area contributed by atoms with Gasteiger partial charge in [-0.3, -0.25) is 24.1 Å². The second-order valence-corrected chi connectivity index (χ2v) is 22.1. The van der Waals surface area contributed by atoms with E-state index in [0.717, 1.165) is 107 Å². The number of aliphatic hydroxyl groups is 1. The lowest BCUT2D eigenvalue weighted by atomic mass is 9.85. The molecule has 1 aromatic heterocycles. The molecule has 0 spiro atoms. The smallest absolute Gasteiger partial charge is 0.246 e. The van der Waals surface area contributed by atoms with Gasteiger partial charge in [-0.1, -0.05) is 125 Å². The summed E-state index contributed by atoms with van der Waals surface area (Å²) in [6.07, 6.45) is 6.05. The number of phenolic OH excluding ortho intramolecular Hbond substituents is 1. The summed E-state index contributed by atoms with van der Waals surface area (Å²) < 4.78 is 6.19. The molecule has 13 nitrogen and oxygen atoms in total. The third kappa shape index (κ3) is 16.2. The number of nitrogens with one attached hydrogen (secondary N) is 2. The average Bonchev–Trinajstić information content (AvgIpc) is 4.03. The van der Waals surface area contributed by atoms with Crippen LogP contribution in [0.5, 0.6) is 11.5 Å². The molecule has 0 bridgehead atoms. The fraction of sp³-hybridized carbons (Fsp3) is 0.450. The topological polar surface area (TPSA) is 165 Å². The monoisotopic (exact) mass is 1060 g/mol. The van der Waals surface area contributed by atoms with Crippen LogP contribution in [-0.4, -0.2) is 123 Å². The number of carbonyl (C=O) groups is 4. The van der Waals surface area contributed by atoms with Gasteiger partial charge in [-0.15, -0.1) is 22.9 Å². The highest BCUT2D eigenvalue weighted by Gasteiger charge is 2.44. The first-order chi connectivity index (χ1) is 36.2. The van der Waals surface area contributed by atoms with Crippen LogP contribution in [0.1, 0.15) is 113 Å². The van der Waals surface area contributed by atoms with Gasteiger partial charge in [0.15, 0.2) is 0 Å². The molecular formula is C60H75ClN6O7S. The van der Waals surface area contributed by atoms with Crippen LogP contribution in [0.25, 0.3) is 21.6 Å². The van der Waals surface area contributed by atoms with Gasteiger partial charge in [0, 0.05) is 71.0 Å². The van der Waals surface area contributed by atoms with E-state index in [1.807, 2.05) is 105 Å². The fourth-order valence-corrected chi connectivity index (χ4v) is 11.0. The van der Waals surface area contributed by atoms with E-state index in [0.29, 0.717) is 44.8 Å². The van der Waals surface area contributed by atoms with Crippen LogP contribution in [0.4, 0.5) is 0 Å². The van der Waals surface area contributed by atoms with Crippen LogP contribution < -0.4 is 15.4 Å². The van der Waals surface area contributed by atoms with Crippen molar-refractivity contribution in [2.24, 2.45) is 5.41 Å². The largest absolute Gasteiger partial charge is 0.508 e. The minimum Gasteiger partial charge on any atom is -0.508 e. The number of phenols is 1. The standard InChI is InChI=1S/C60H75ClN6O7S/c1-42-56(75-41-63-42)47-20-18-43(19-21-47)39-62-58(72)52-38-49(69)40-67(52)59(73)57(60(2,3)4)64-53(70)16-12-7-5-6-8-13-17-54(71)66-34-32-65(33-35-66)36-37-74-50-28-24-46(25-29-50)55(45-22-26-48(68)27-23-45)51(30-31-61)44-14-10-9-11-15-44/h9-11,14-15,18-29,41,49,52,57,68-69H,5-8,12-13,16-17,30-40H2,1-4H3,(H,62,72)(H,64,70)/t49-,52+,57?/m1/s1. The number of alkyl halides is 1. The number of thiazole rings is 1. The van der Waals surface area contributed by atoms with Crippen molar-refractivity contribution in [1.82, 2.24) is 30.3 Å². The fourth-order valence-electron chi connectivity index (χ4n) is 9.96. The van der Waals surface area contributed by atoms with Gasteiger partial charge in [-0.05, 0) is 94.8 Å². The van der Waals surface area contributed by atoms with Crippen LogP contribution in [0, 0.1) is 12.3 Å². The molecule has 75 heavy (non-hydrogen) atoms. The zero-order valence-electron chi connectivity index (χ0n) is 44.1. The molecule has 2 saturated heterocycles. The number of halogens is 1. The first-order valence-corrected chi connectivity index (χ1v) is 28.0. The molecule has 2 aliphatic rings. The Hall–Kier alpha value is -6.06. The Morgan fingerprint density at radius 2 is 1.44 bits per heavy atom. The lowest BCUT2D eigenvalue weighted by molar-refractivity contribution is -0.144. The van der Waals surface area contributed by atoms with Crippen molar-refractivity contribution in [3.8, 4) is 21.9 Å². The number of carbonyl (C=O) groups excluding carboxylic acids is 4. The van der Waals surface area contributed by atoms with Gasteiger partial charge in [0.1, 0.15) is 30.2 Å². The molecule has 400 valence electrons. The highest BCUT2D eigenvalue weighted by atomic mass is 35.5. The second-order valence-electron chi connectivity index (χ2n) is 20.9. The summed E-state index contributed by atoms with van der Waals surface area (Å²) in [5.41, 5.74) is 9.48. The number of piperazine rings is 1. The van der Waals surface area contributed by atoms with E-state index in [4.69, 9.17) is 16.3 Å². The van der Waals surface area contributed by atoms with Crippen molar-refractivity contribution in [1.29, 1.82) is 0 Å². The molecule has 1 unspecified atom stereocenters. The van der Waals surface area contributed by atoms with Crippen molar-refractivity contribution in [2.45, 2.75) is 117 Å². The van der Waals surface area contributed by atoms with Gasteiger partial charge in [0.05, 0.1) is 22.2 Å². The highest BCUT2D eigenvalue weighted by Crippen LogP contribution is 2.36. The number of hydrogen-bond donors (Lipinski definition) is 4. The van der Waals surface area contributed by atoms with Crippen LogP contribution in [0.2, 0.25) is 0 Å². The van der Waals surface area contributed by atoms with Crippen molar-refractivity contribution in [2.75, 3.05) is 51.8 Å². The Labute approximate surface area is 452 Å². The predicted octanol–water partition coefficient (Wildman–Crippen LogP) is 9.87. The molecule has 0 aliphatic carbocycles. The van der Waals surface area contributed by atoms with Crippen molar-refractivity contribution in [3.63, 3.8) is 0 Å². The maximum Gasteiger partial charge on any atom is 0.246 e. The summed E-state index contributed by atoms with van der Waals surface area (Å²) in [4.78, 5) is 65.0. The van der Waals surface area contributed by atoms with E-state index in [-0.39, 0.29) is 55.3 Å². The summed E-state index contributed by atoms with van der Waals surface area (Å²) in [7, 11) is 0. The predicted molar refractivity (Wildman–Crippen MR) is 299 cm³/mol. The van der Waals surface area contributed by atoms with Crippen LogP contribution in [0.15, 0.2) is 109 Å². The number of aliphatic hydroxyl groups excluding tert-OH is 1. The molecule has 3 atom stereocenters. The van der Waals surface area contributed by atoms with E-state index in [2.05, 4.69) is 44.8 Å². The molecule has 15 heteroatoms. The number of likely N-dealkylation sites (tertiary alicyclic amines) is 1. The lowest BCUT2D eigenvalue weighted by Gasteiger charge is -2.35. The van der Waals surface area contributed by atoms with Crippen molar-refractivity contribution in [3.05, 3.63) is 137 Å². The van der Waals surface area contributed by atoms with E-state index in [1.54, 1.807) is 23.5 Å². The van der Waals surface area contributed by atoms with E-state index >= 15 is 0 Å². The van der Waals surface area contributed by atoms with Crippen LogP contribution in [0.3, 0.4) is 0 Å². The number of rotatable bonds is 24. The number of amides is 4. The van der Waals surface area contributed by atoms with Crippen LogP contribution >= 0.6 is 22.9 Å². The SMILES string of the molecule is Cc1ncsc1-c1ccc(CNC(=O)[C@@H]2C[C@@H](O)CN2C(=O)C(NC(=O)CCCCCCCCC(=O)N2CCN(CCOc3ccc(C(=C(CCCl)c4ccccc4)c4ccc(O)cc4)cc3)CC2)C(C)(C)C)cc1.